The molecule has 2 amide bonds. The fourth-order valence-corrected chi connectivity index (χ4v) is 2.24. The van der Waals surface area contributed by atoms with Gasteiger partial charge in [0.25, 0.3) is 0 Å². The average molecular weight is 292 g/mol. The highest BCUT2D eigenvalue weighted by molar-refractivity contribution is 5.89. The molecular formula is C15H20N2O4. The zero-order valence-electron chi connectivity index (χ0n) is 12.0. The van der Waals surface area contributed by atoms with Gasteiger partial charge in [-0.1, -0.05) is 19.1 Å². The fraction of sp³-hybridized carbons (Fsp3) is 0.467. The number of morpholine rings is 1. The van der Waals surface area contributed by atoms with E-state index in [1.807, 2.05) is 19.1 Å². The molecule has 0 bridgehead atoms. The minimum absolute atomic E-state index is 0.0495. The summed E-state index contributed by atoms with van der Waals surface area (Å²) in [6.07, 6.45) is 0.0967. The number of hydrogen-bond acceptors (Lipinski definition) is 3. The molecular weight excluding hydrogens is 272 g/mol. The van der Waals surface area contributed by atoms with Crippen molar-refractivity contribution in [3.63, 3.8) is 0 Å². The Bertz CT molecular complexity index is 495. The van der Waals surface area contributed by atoms with Crippen LogP contribution in [-0.4, -0.2) is 48.3 Å². The van der Waals surface area contributed by atoms with Crippen molar-refractivity contribution in [1.82, 2.24) is 4.90 Å². The highest BCUT2D eigenvalue weighted by Gasteiger charge is 2.17. The number of benzene rings is 1. The van der Waals surface area contributed by atoms with Gasteiger partial charge in [0.2, 0.25) is 0 Å². The molecule has 0 saturated carbocycles. The first kappa shape index (κ1) is 15.3. The molecule has 1 atom stereocenters. The van der Waals surface area contributed by atoms with Crippen LogP contribution in [0.4, 0.5) is 10.5 Å². The van der Waals surface area contributed by atoms with Crippen LogP contribution in [-0.2, 0) is 9.53 Å². The summed E-state index contributed by atoms with van der Waals surface area (Å²) in [6.45, 7) is 4.20. The highest BCUT2D eigenvalue weighted by atomic mass is 16.5. The van der Waals surface area contributed by atoms with E-state index in [-0.39, 0.29) is 18.4 Å². The van der Waals surface area contributed by atoms with Crippen molar-refractivity contribution < 1.29 is 19.4 Å². The Balaban J connectivity index is 1.92. The molecule has 0 spiro atoms. The number of urea groups is 1. The van der Waals surface area contributed by atoms with Gasteiger partial charge in [0.15, 0.2) is 0 Å². The zero-order valence-corrected chi connectivity index (χ0v) is 12.0. The summed E-state index contributed by atoms with van der Waals surface area (Å²) in [5.74, 6) is -0.862. The molecule has 0 aliphatic carbocycles. The molecule has 0 radical (unpaired) electrons. The molecule has 114 valence electrons. The van der Waals surface area contributed by atoms with Crippen LogP contribution in [0.3, 0.4) is 0 Å². The van der Waals surface area contributed by atoms with E-state index in [1.54, 1.807) is 17.0 Å². The molecule has 1 saturated heterocycles. The van der Waals surface area contributed by atoms with E-state index in [2.05, 4.69) is 5.32 Å². The topological polar surface area (TPSA) is 78.9 Å². The van der Waals surface area contributed by atoms with Crippen LogP contribution >= 0.6 is 0 Å². The Morgan fingerprint density at radius 1 is 1.29 bits per heavy atom. The molecule has 1 aliphatic rings. The van der Waals surface area contributed by atoms with E-state index in [1.165, 1.54) is 0 Å². The Morgan fingerprint density at radius 2 is 1.90 bits per heavy atom. The number of carboxylic acids is 1. The Hall–Kier alpha value is -2.08. The van der Waals surface area contributed by atoms with Crippen LogP contribution < -0.4 is 5.32 Å². The molecule has 6 nitrogen and oxygen atoms in total. The van der Waals surface area contributed by atoms with Crippen molar-refractivity contribution in [3.05, 3.63) is 29.8 Å². The molecule has 21 heavy (non-hydrogen) atoms. The smallest absolute Gasteiger partial charge is 0.321 e. The summed E-state index contributed by atoms with van der Waals surface area (Å²) in [7, 11) is 0. The molecule has 2 N–H and O–H groups in total. The molecule has 1 heterocycles. The van der Waals surface area contributed by atoms with Crippen LogP contribution in [0, 0.1) is 0 Å². The van der Waals surface area contributed by atoms with Crippen LogP contribution in [0.2, 0.25) is 0 Å². The van der Waals surface area contributed by atoms with Crippen LogP contribution in [0.5, 0.6) is 0 Å². The van der Waals surface area contributed by atoms with E-state index in [0.29, 0.717) is 32.0 Å². The molecule has 1 fully saturated rings. The standard InChI is InChI=1S/C15H20N2O4/c1-11(10-14(18)19)12-2-4-13(5-3-12)16-15(20)17-6-8-21-9-7-17/h2-5,11H,6-10H2,1H3,(H,16,20)(H,18,19). The molecule has 1 unspecified atom stereocenters. The third-order valence-corrected chi connectivity index (χ3v) is 3.51. The highest BCUT2D eigenvalue weighted by Crippen LogP contribution is 2.21. The van der Waals surface area contributed by atoms with Gasteiger partial charge in [-0.15, -0.1) is 0 Å². The average Bonchev–Trinajstić information content (AvgIpc) is 2.48. The van der Waals surface area contributed by atoms with Gasteiger partial charge in [0.1, 0.15) is 0 Å². The van der Waals surface area contributed by atoms with Crippen molar-refractivity contribution in [1.29, 1.82) is 0 Å². The summed E-state index contributed by atoms with van der Waals surface area (Å²) in [6, 6.07) is 7.16. The lowest BCUT2D eigenvalue weighted by atomic mass is 9.98. The van der Waals surface area contributed by atoms with Gasteiger partial charge in [-0.25, -0.2) is 4.79 Å². The quantitative estimate of drug-likeness (QED) is 0.891. The summed E-state index contributed by atoms with van der Waals surface area (Å²) in [5.41, 5.74) is 1.65. The van der Waals surface area contributed by atoms with E-state index in [4.69, 9.17) is 9.84 Å². The monoisotopic (exact) mass is 292 g/mol. The van der Waals surface area contributed by atoms with Crippen LogP contribution in [0.25, 0.3) is 0 Å². The maximum atomic E-state index is 12.0. The summed E-state index contributed by atoms with van der Waals surface area (Å²) >= 11 is 0. The number of aliphatic carboxylic acids is 1. The van der Waals surface area contributed by atoms with Crippen molar-refractivity contribution in [3.8, 4) is 0 Å². The second kappa shape index (κ2) is 7.08. The zero-order chi connectivity index (χ0) is 15.2. The van der Waals surface area contributed by atoms with Crippen LogP contribution in [0.15, 0.2) is 24.3 Å². The third kappa shape index (κ3) is 4.46. The fourth-order valence-electron chi connectivity index (χ4n) is 2.24. The second-order valence-electron chi connectivity index (χ2n) is 5.15. The van der Waals surface area contributed by atoms with Crippen molar-refractivity contribution in [2.75, 3.05) is 31.6 Å². The van der Waals surface area contributed by atoms with Gasteiger partial charge in [-0.3, -0.25) is 4.79 Å². The number of amides is 2. The maximum absolute atomic E-state index is 12.0. The minimum atomic E-state index is -0.813. The van der Waals surface area contributed by atoms with Crippen molar-refractivity contribution in [2.45, 2.75) is 19.3 Å². The van der Waals surface area contributed by atoms with Gasteiger partial charge >= 0.3 is 12.0 Å². The van der Waals surface area contributed by atoms with Crippen molar-refractivity contribution in [2.24, 2.45) is 0 Å². The van der Waals surface area contributed by atoms with Gasteiger partial charge in [-0.2, -0.15) is 0 Å². The van der Waals surface area contributed by atoms with Gasteiger partial charge in [-0.05, 0) is 23.6 Å². The number of hydrogen-bond donors (Lipinski definition) is 2. The normalized spacial score (nSPS) is 16.3. The number of carbonyl (C=O) groups is 2. The molecule has 1 aromatic carbocycles. The Kier molecular flexibility index (Phi) is 5.16. The minimum Gasteiger partial charge on any atom is -0.481 e. The predicted octanol–water partition coefficient (Wildman–Crippen LogP) is 2.13. The summed E-state index contributed by atoms with van der Waals surface area (Å²) in [4.78, 5) is 24.4. The van der Waals surface area contributed by atoms with Crippen LogP contribution in [0.1, 0.15) is 24.8 Å². The number of ether oxygens (including phenoxy) is 1. The third-order valence-electron chi connectivity index (χ3n) is 3.51. The Morgan fingerprint density at radius 3 is 2.48 bits per heavy atom. The lowest BCUT2D eigenvalue weighted by Gasteiger charge is -2.27. The number of nitrogens with zero attached hydrogens (tertiary/aromatic N) is 1. The molecule has 1 aromatic rings. The molecule has 6 heteroatoms. The van der Waals surface area contributed by atoms with Crippen molar-refractivity contribution >= 4 is 17.7 Å². The number of anilines is 1. The van der Waals surface area contributed by atoms with E-state index in [9.17, 15) is 9.59 Å². The SMILES string of the molecule is CC(CC(=O)O)c1ccc(NC(=O)N2CCOCC2)cc1. The first-order chi connectivity index (χ1) is 10.1. The van der Waals surface area contributed by atoms with Gasteiger partial charge < -0.3 is 20.1 Å². The summed E-state index contributed by atoms with van der Waals surface area (Å²) in [5, 5.41) is 11.6. The molecule has 1 aliphatic heterocycles. The van der Waals surface area contributed by atoms with Gasteiger partial charge in [0.05, 0.1) is 19.6 Å². The Labute approximate surface area is 123 Å². The maximum Gasteiger partial charge on any atom is 0.321 e. The lowest BCUT2D eigenvalue weighted by molar-refractivity contribution is -0.137. The first-order valence-corrected chi connectivity index (χ1v) is 7.01. The van der Waals surface area contributed by atoms with E-state index in [0.717, 1.165) is 5.56 Å². The summed E-state index contributed by atoms with van der Waals surface area (Å²) < 4.78 is 5.20. The second-order valence-corrected chi connectivity index (χ2v) is 5.15. The number of carboxylic acid groups (broad SMARTS) is 1. The molecule has 2 rings (SSSR count). The lowest BCUT2D eigenvalue weighted by Crippen LogP contribution is -2.43. The predicted molar refractivity (Wildman–Crippen MR) is 78.5 cm³/mol. The number of nitrogens with one attached hydrogen (secondary N) is 1. The van der Waals surface area contributed by atoms with E-state index < -0.39 is 5.97 Å². The largest absolute Gasteiger partial charge is 0.481 e. The molecule has 0 aromatic heterocycles. The first-order valence-electron chi connectivity index (χ1n) is 7.01. The van der Waals surface area contributed by atoms with E-state index >= 15 is 0 Å². The number of rotatable bonds is 4. The van der Waals surface area contributed by atoms with Gasteiger partial charge in [0, 0.05) is 18.8 Å². The number of carbonyl (C=O) groups excluding carboxylic acids is 1.